The SMILES string of the molecule is Cc1ccc(CN2C[C@H]3[C@@H](CNC(=O)c4cccnc4)CO[C@H]3C2)s1. The zero-order chi connectivity index (χ0) is 17.2. The van der Waals surface area contributed by atoms with E-state index < -0.39 is 0 Å². The number of thiophene rings is 1. The van der Waals surface area contributed by atoms with Gasteiger partial charge in [0.15, 0.2) is 0 Å². The lowest BCUT2D eigenvalue weighted by atomic mass is 9.93. The van der Waals surface area contributed by atoms with Crippen molar-refractivity contribution in [1.29, 1.82) is 0 Å². The van der Waals surface area contributed by atoms with E-state index in [1.807, 2.05) is 11.3 Å². The molecule has 0 radical (unpaired) electrons. The van der Waals surface area contributed by atoms with Gasteiger partial charge in [0.25, 0.3) is 5.91 Å². The highest BCUT2D eigenvalue weighted by molar-refractivity contribution is 7.11. The van der Waals surface area contributed by atoms with E-state index in [9.17, 15) is 4.79 Å². The largest absolute Gasteiger partial charge is 0.376 e. The normalized spacial score (nSPS) is 25.9. The summed E-state index contributed by atoms with van der Waals surface area (Å²) in [5, 5.41) is 3.05. The molecule has 3 atom stereocenters. The van der Waals surface area contributed by atoms with Crippen molar-refractivity contribution in [2.75, 3.05) is 26.2 Å². The molecule has 2 aromatic rings. The molecule has 4 heterocycles. The molecule has 2 aliphatic rings. The minimum atomic E-state index is -0.0551. The summed E-state index contributed by atoms with van der Waals surface area (Å²) in [6.45, 7) is 6.61. The number of carbonyl (C=O) groups is 1. The van der Waals surface area contributed by atoms with Crippen molar-refractivity contribution in [3.8, 4) is 0 Å². The highest BCUT2D eigenvalue weighted by atomic mass is 32.1. The molecule has 1 N–H and O–H groups in total. The maximum absolute atomic E-state index is 12.2. The van der Waals surface area contributed by atoms with Gasteiger partial charge in [-0.2, -0.15) is 0 Å². The Hall–Kier alpha value is -1.76. The molecule has 0 saturated carbocycles. The summed E-state index contributed by atoms with van der Waals surface area (Å²) in [7, 11) is 0. The van der Waals surface area contributed by atoms with Crippen molar-refractivity contribution in [1.82, 2.24) is 15.2 Å². The lowest BCUT2D eigenvalue weighted by Gasteiger charge is -2.19. The van der Waals surface area contributed by atoms with Crippen LogP contribution in [0.3, 0.4) is 0 Å². The highest BCUT2D eigenvalue weighted by Crippen LogP contribution is 2.34. The van der Waals surface area contributed by atoms with Crippen LogP contribution in [-0.4, -0.2) is 48.1 Å². The Kier molecular flexibility index (Phi) is 4.83. The first-order chi connectivity index (χ1) is 12.2. The van der Waals surface area contributed by atoms with E-state index in [-0.39, 0.29) is 5.91 Å². The topological polar surface area (TPSA) is 54.5 Å². The molecule has 0 spiro atoms. The van der Waals surface area contributed by atoms with Gasteiger partial charge in [-0.25, -0.2) is 0 Å². The number of nitrogens with one attached hydrogen (secondary N) is 1. The molecule has 0 aliphatic carbocycles. The van der Waals surface area contributed by atoms with Crippen LogP contribution >= 0.6 is 11.3 Å². The lowest BCUT2D eigenvalue weighted by Crippen LogP contribution is -2.34. The average molecular weight is 357 g/mol. The van der Waals surface area contributed by atoms with Crippen LogP contribution in [0.25, 0.3) is 0 Å². The van der Waals surface area contributed by atoms with Crippen LogP contribution < -0.4 is 5.32 Å². The predicted molar refractivity (Wildman–Crippen MR) is 97.6 cm³/mol. The Morgan fingerprint density at radius 3 is 3.08 bits per heavy atom. The Labute approximate surface area is 152 Å². The molecule has 0 aromatic carbocycles. The van der Waals surface area contributed by atoms with Crippen LogP contribution in [0, 0.1) is 18.8 Å². The molecule has 0 bridgehead atoms. The number of carbonyl (C=O) groups excluding carboxylic acids is 1. The third kappa shape index (κ3) is 3.76. The van der Waals surface area contributed by atoms with Gasteiger partial charge < -0.3 is 10.1 Å². The molecule has 1 amide bonds. The van der Waals surface area contributed by atoms with E-state index in [2.05, 4.69) is 34.3 Å². The van der Waals surface area contributed by atoms with Crippen LogP contribution in [0.5, 0.6) is 0 Å². The van der Waals surface area contributed by atoms with Crippen molar-refractivity contribution < 1.29 is 9.53 Å². The Morgan fingerprint density at radius 2 is 2.32 bits per heavy atom. The number of fused-ring (bicyclic) bond motifs is 1. The molecule has 6 heteroatoms. The van der Waals surface area contributed by atoms with Gasteiger partial charge in [-0.3, -0.25) is 14.7 Å². The minimum absolute atomic E-state index is 0.0551. The second kappa shape index (κ2) is 7.23. The number of rotatable bonds is 5. The Morgan fingerprint density at radius 1 is 1.40 bits per heavy atom. The molecule has 4 rings (SSSR count). The summed E-state index contributed by atoms with van der Waals surface area (Å²) in [6.07, 6.45) is 3.58. The van der Waals surface area contributed by atoms with Gasteiger partial charge in [0.2, 0.25) is 0 Å². The zero-order valence-corrected chi connectivity index (χ0v) is 15.2. The molecule has 2 saturated heterocycles. The fourth-order valence-corrected chi connectivity index (χ4v) is 4.77. The van der Waals surface area contributed by atoms with Crippen LogP contribution in [0.1, 0.15) is 20.1 Å². The van der Waals surface area contributed by atoms with Gasteiger partial charge in [0.1, 0.15) is 0 Å². The first kappa shape index (κ1) is 16.7. The van der Waals surface area contributed by atoms with Crippen molar-refractivity contribution in [3.63, 3.8) is 0 Å². The second-order valence-electron chi connectivity index (χ2n) is 6.95. The van der Waals surface area contributed by atoms with Gasteiger partial charge in [-0.15, -0.1) is 11.3 Å². The molecule has 2 aromatic heterocycles. The van der Waals surface area contributed by atoms with E-state index in [0.717, 1.165) is 26.2 Å². The standard InChI is InChI=1S/C19H23N3O2S/c1-13-4-5-16(25-13)9-22-10-17-15(12-24-18(17)11-22)8-21-19(23)14-3-2-6-20-7-14/h2-7,15,17-18H,8-12H2,1H3,(H,21,23)/t15-,17-,18-/m0/s1. The summed E-state index contributed by atoms with van der Waals surface area (Å²) in [5.41, 5.74) is 0.610. The second-order valence-corrected chi connectivity index (χ2v) is 8.33. The smallest absolute Gasteiger partial charge is 0.252 e. The third-order valence-electron chi connectivity index (χ3n) is 5.14. The summed E-state index contributed by atoms with van der Waals surface area (Å²) < 4.78 is 6.00. The number of hydrogen-bond acceptors (Lipinski definition) is 5. The van der Waals surface area contributed by atoms with Crippen molar-refractivity contribution in [2.24, 2.45) is 11.8 Å². The highest BCUT2D eigenvalue weighted by Gasteiger charge is 2.43. The lowest BCUT2D eigenvalue weighted by molar-refractivity contribution is 0.0904. The Balaban J connectivity index is 1.30. The number of ether oxygens (including phenoxy) is 1. The minimum Gasteiger partial charge on any atom is -0.376 e. The molecule has 2 aliphatic heterocycles. The van der Waals surface area contributed by atoms with Gasteiger partial charge in [0, 0.05) is 60.2 Å². The van der Waals surface area contributed by atoms with E-state index in [1.54, 1.807) is 24.5 Å². The van der Waals surface area contributed by atoms with Crippen molar-refractivity contribution in [3.05, 3.63) is 52.0 Å². The maximum Gasteiger partial charge on any atom is 0.252 e. The number of aryl methyl sites for hydroxylation is 1. The summed E-state index contributed by atoms with van der Waals surface area (Å²) in [5.74, 6) is 0.844. The number of nitrogens with zero attached hydrogens (tertiary/aromatic N) is 2. The quantitative estimate of drug-likeness (QED) is 0.892. The van der Waals surface area contributed by atoms with Crippen LogP contribution in [0.2, 0.25) is 0 Å². The van der Waals surface area contributed by atoms with Crippen LogP contribution in [0.4, 0.5) is 0 Å². The number of pyridine rings is 1. The third-order valence-corrected chi connectivity index (χ3v) is 6.12. The average Bonchev–Trinajstić information content (AvgIpc) is 3.30. The molecule has 2 fully saturated rings. The molecular formula is C19H23N3O2S. The number of aromatic nitrogens is 1. The van der Waals surface area contributed by atoms with Gasteiger partial charge in [-0.1, -0.05) is 0 Å². The number of likely N-dealkylation sites (tertiary alicyclic amines) is 1. The molecule has 0 unspecified atom stereocenters. The monoisotopic (exact) mass is 357 g/mol. The van der Waals surface area contributed by atoms with Crippen LogP contribution in [-0.2, 0) is 11.3 Å². The fraction of sp³-hybridized carbons (Fsp3) is 0.474. The van der Waals surface area contributed by atoms with Gasteiger partial charge >= 0.3 is 0 Å². The molecule has 25 heavy (non-hydrogen) atoms. The summed E-state index contributed by atoms with van der Waals surface area (Å²) >= 11 is 1.87. The van der Waals surface area contributed by atoms with Crippen molar-refractivity contribution in [2.45, 2.75) is 19.6 Å². The molecule has 5 nitrogen and oxygen atoms in total. The predicted octanol–water partition coefficient (Wildman–Crippen LogP) is 2.33. The first-order valence-electron chi connectivity index (χ1n) is 8.76. The number of hydrogen-bond donors (Lipinski definition) is 1. The zero-order valence-electron chi connectivity index (χ0n) is 14.4. The van der Waals surface area contributed by atoms with E-state index in [4.69, 9.17) is 4.74 Å². The van der Waals surface area contributed by atoms with Gasteiger partial charge in [0.05, 0.1) is 18.3 Å². The fourth-order valence-electron chi connectivity index (χ4n) is 3.83. The summed E-state index contributed by atoms with van der Waals surface area (Å²) in [4.78, 5) is 21.5. The van der Waals surface area contributed by atoms with Crippen LogP contribution in [0.15, 0.2) is 36.7 Å². The Bertz CT molecular complexity index is 733. The van der Waals surface area contributed by atoms with E-state index in [1.165, 1.54) is 9.75 Å². The first-order valence-corrected chi connectivity index (χ1v) is 9.58. The van der Waals surface area contributed by atoms with E-state index >= 15 is 0 Å². The molecular weight excluding hydrogens is 334 g/mol. The maximum atomic E-state index is 12.2. The van der Waals surface area contributed by atoms with Gasteiger partial charge in [-0.05, 0) is 31.2 Å². The summed E-state index contributed by atoms with van der Waals surface area (Å²) in [6, 6.07) is 7.98. The van der Waals surface area contributed by atoms with E-state index in [0.29, 0.717) is 30.0 Å². The molecule has 132 valence electrons. The van der Waals surface area contributed by atoms with Crippen molar-refractivity contribution >= 4 is 17.2 Å². The number of amides is 1.